The molecule has 0 aromatic heterocycles. The van der Waals surface area contributed by atoms with Gasteiger partial charge in [-0.2, -0.15) is 0 Å². The van der Waals surface area contributed by atoms with Crippen molar-refractivity contribution in [3.8, 4) is 0 Å². The Morgan fingerprint density at radius 3 is 2.83 bits per heavy atom. The summed E-state index contributed by atoms with van der Waals surface area (Å²) < 4.78 is 0. The van der Waals surface area contributed by atoms with E-state index in [9.17, 15) is 5.11 Å². The maximum atomic E-state index is 9.67. The number of fused-ring (bicyclic) bond motifs is 1. The second kappa shape index (κ2) is 4.93. The summed E-state index contributed by atoms with van der Waals surface area (Å²) in [5, 5.41) is 9.67. The zero-order valence-electron chi connectivity index (χ0n) is 11.2. The summed E-state index contributed by atoms with van der Waals surface area (Å²) in [6.07, 6.45) is 7.18. The highest BCUT2D eigenvalue weighted by Gasteiger charge is 2.29. The van der Waals surface area contributed by atoms with E-state index in [1.807, 2.05) is 6.92 Å². The lowest BCUT2D eigenvalue weighted by Crippen LogP contribution is -2.32. The fourth-order valence-electron chi connectivity index (χ4n) is 3.63. The quantitative estimate of drug-likeness (QED) is 0.885. The number of benzene rings is 1. The Kier molecular flexibility index (Phi) is 3.29. The Morgan fingerprint density at radius 2 is 2.11 bits per heavy atom. The fourth-order valence-corrected chi connectivity index (χ4v) is 3.63. The molecule has 1 aromatic carbocycles. The largest absolute Gasteiger partial charge is 0.393 e. The molecule has 1 aliphatic heterocycles. The molecule has 2 heteroatoms. The smallest absolute Gasteiger partial charge is 0.0553 e. The molecule has 1 atom stereocenters. The minimum Gasteiger partial charge on any atom is -0.393 e. The highest BCUT2D eigenvalue weighted by Crippen LogP contribution is 2.37. The van der Waals surface area contributed by atoms with Crippen molar-refractivity contribution < 1.29 is 5.11 Å². The van der Waals surface area contributed by atoms with Gasteiger partial charge in [0, 0.05) is 24.7 Å². The van der Waals surface area contributed by atoms with Gasteiger partial charge in [-0.25, -0.2) is 0 Å². The van der Waals surface area contributed by atoms with Crippen LogP contribution in [0.15, 0.2) is 18.2 Å². The van der Waals surface area contributed by atoms with E-state index in [0.29, 0.717) is 0 Å². The first-order valence-corrected chi connectivity index (χ1v) is 7.31. The van der Waals surface area contributed by atoms with Gasteiger partial charge in [-0.3, -0.25) is 0 Å². The zero-order chi connectivity index (χ0) is 12.5. The average Bonchev–Trinajstić information content (AvgIpc) is 2.96. The molecule has 1 heterocycles. The van der Waals surface area contributed by atoms with Gasteiger partial charge in [0.25, 0.3) is 0 Å². The number of anilines is 1. The van der Waals surface area contributed by atoms with Crippen LogP contribution in [-0.4, -0.2) is 23.8 Å². The van der Waals surface area contributed by atoms with Crippen LogP contribution in [0.1, 0.15) is 43.7 Å². The third kappa shape index (κ3) is 2.14. The van der Waals surface area contributed by atoms with Crippen LogP contribution in [0.25, 0.3) is 0 Å². The van der Waals surface area contributed by atoms with Gasteiger partial charge in [0.05, 0.1) is 6.10 Å². The summed E-state index contributed by atoms with van der Waals surface area (Å²) in [6.45, 7) is 3.06. The van der Waals surface area contributed by atoms with E-state index in [0.717, 1.165) is 12.5 Å². The Labute approximate surface area is 110 Å². The van der Waals surface area contributed by atoms with Gasteiger partial charge >= 0.3 is 0 Å². The van der Waals surface area contributed by atoms with Crippen molar-refractivity contribution in [2.45, 2.75) is 57.6 Å². The number of para-hydroxylation sites is 1. The molecule has 1 N–H and O–H groups in total. The standard InChI is InChI=1S/C16H23NO/c1-12(18)11-14-6-4-5-13-9-10-17(16(13)14)15-7-2-3-8-15/h4-6,12,15,18H,2-3,7-11H2,1H3. The fraction of sp³-hybridized carbons (Fsp3) is 0.625. The topological polar surface area (TPSA) is 23.5 Å². The summed E-state index contributed by atoms with van der Waals surface area (Å²) in [7, 11) is 0. The average molecular weight is 245 g/mol. The van der Waals surface area contributed by atoms with E-state index in [2.05, 4.69) is 23.1 Å². The molecule has 1 fully saturated rings. The molecule has 1 unspecified atom stereocenters. The predicted molar refractivity (Wildman–Crippen MR) is 75.1 cm³/mol. The third-order valence-corrected chi connectivity index (χ3v) is 4.39. The molecule has 1 saturated carbocycles. The molecule has 0 saturated heterocycles. The van der Waals surface area contributed by atoms with Gasteiger partial charge in [-0.05, 0) is 37.3 Å². The van der Waals surface area contributed by atoms with Crippen molar-refractivity contribution in [3.05, 3.63) is 29.3 Å². The Hall–Kier alpha value is -1.02. The first kappa shape index (κ1) is 12.0. The summed E-state index contributed by atoms with van der Waals surface area (Å²) in [6, 6.07) is 7.35. The van der Waals surface area contributed by atoms with Crippen LogP contribution >= 0.6 is 0 Å². The Morgan fingerprint density at radius 1 is 1.33 bits per heavy atom. The van der Waals surface area contributed by atoms with Crippen molar-refractivity contribution in [2.75, 3.05) is 11.4 Å². The molecule has 2 aliphatic rings. The first-order valence-electron chi connectivity index (χ1n) is 7.31. The number of hydrogen-bond acceptors (Lipinski definition) is 2. The van der Waals surface area contributed by atoms with Crippen molar-refractivity contribution in [1.82, 2.24) is 0 Å². The van der Waals surface area contributed by atoms with Gasteiger partial charge < -0.3 is 10.0 Å². The number of aliphatic hydroxyl groups excluding tert-OH is 1. The Bertz CT molecular complexity index is 421. The van der Waals surface area contributed by atoms with Gasteiger partial charge in [0.1, 0.15) is 0 Å². The van der Waals surface area contributed by atoms with Gasteiger partial charge in [0.2, 0.25) is 0 Å². The molecule has 98 valence electrons. The molecule has 1 aromatic rings. The molecular formula is C16H23NO. The lowest BCUT2D eigenvalue weighted by atomic mass is 10.0. The number of nitrogens with zero attached hydrogens (tertiary/aromatic N) is 1. The maximum absolute atomic E-state index is 9.67. The molecule has 2 nitrogen and oxygen atoms in total. The van der Waals surface area contributed by atoms with Crippen LogP contribution in [0.2, 0.25) is 0 Å². The van der Waals surface area contributed by atoms with Crippen molar-refractivity contribution in [1.29, 1.82) is 0 Å². The van der Waals surface area contributed by atoms with Crippen molar-refractivity contribution in [3.63, 3.8) is 0 Å². The second-order valence-electron chi connectivity index (χ2n) is 5.86. The molecule has 1 aliphatic carbocycles. The SMILES string of the molecule is CC(O)Cc1cccc2c1N(C1CCCC1)CC2. The lowest BCUT2D eigenvalue weighted by Gasteiger charge is -2.29. The monoisotopic (exact) mass is 245 g/mol. The van der Waals surface area contributed by atoms with E-state index in [-0.39, 0.29) is 6.10 Å². The number of rotatable bonds is 3. The predicted octanol–water partition coefficient (Wildman–Crippen LogP) is 2.92. The van der Waals surface area contributed by atoms with Crippen LogP contribution in [-0.2, 0) is 12.8 Å². The van der Waals surface area contributed by atoms with Crippen molar-refractivity contribution in [2.24, 2.45) is 0 Å². The molecule has 0 bridgehead atoms. The molecule has 0 spiro atoms. The zero-order valence-corrected chi connectivity index (χ0v) is 11.2. The summed E-state index contributed by atoms with van der Waals surface area (Å²) >= 11 is 0. The molecule has 18 heavy (non-hydrogen) atoms. The van der Waals surface area contributed by atoms with E-state index < -0.39 is 0 Å². The van der Waals surface area contributed by atoms with Crippen LogP contribution in [0.4, 0.5) is 5.69 Å². The van der Waals surface area contributed by atoms with Crippen LogP contribution < -0.4 is 4.90 Å². The van der Waals surface area contributed by atoms with Crippen LogP contribution in [0, 0.1) is 0 Å². The first-order chi connectivity index (χ1) is 8.75. The van der Waals surface area contributed by atoms with Crippen LogP contribution in [0.3, 0.4) is 0 Å². The van der Waals surface area contributed by atoms with Gasteiger partial charge in [-0.1, -0.05) is 31.0 Å². The highest BCUT2D eigenvalue weighted by atomic mass is 16.3. The third-order valence-electron chi connectivity index (χ3n) is 4.39. The van der Waals surface area contributed by atoms with Gasteiger partial charge in [-0.15, -0.1) is 0 Å². The normalized spacial score (nSPS) is 21.3. The number of aliphatic hydroxyl groups is 1. The second-order valence-corrected chi connectivity index (χ2v) is 5.86. The minimum absolute atomic E-state index is 0.248. The summed E-state index contributed by atoms with van der Waals surface area (Å²) in [5.41, 5.74) is 4.28. The highest BCUT2D eigenvalue weighted by molar-refractivity contribution is 5.64. The molecule has 0 amide bonds. The maximum Gasteiger partial charge on any atom is 0.0553 e. The number of hydrogen-bond donors (Lipinski definition) is 1. The summed E-state index contributed by atoms with van der Waals surface area (Å²) in [5.74, 6) is 0. The minimum atomic E-state index is -0.248. The van der Waals surface area contributed by atoms with E-state index in [1.165, 1.54) is 55.5 Å². The van der Waals surface area contributed by atoms with Crippen LogP contribution in [0.5, 0.6) is 0 Å². The Balaban J connectivity index is 1.92. The van der Waals surface area contributed by atoms with E-state index in [4.69, 9.17) is 0 Å². The molecular weight excluding hydrogens is 222 g/mol. The summed E-state index contributed by atoms with van der Waals surface area (Å²) in [4.78, 5) is 2.63. The molecule has 0 radical (unpaired) electrons. The van der Waals surface area contributed by atoms with E-state index >= 15 is 0 Å². The lowest BCUT2D eigenvalue weighted by molar-refractivity contribution is 0.195. The van der Waals surface area contributed by atoms with Crippen molar-refractivity contribution >= 4 is 5.69 Å². The van der Waals surface area contributed by atoms with E-state index in [1.54, 1.807) is 0 Å². The van der Waals surface area contributed by atoms with Gasteiger partial charge in [0.15, 0.2) is 0 Å². The molecule has 3 rings (SSSR count).